The standard InChI is InChI=1S/C20H29NO3/c1-14-15(2)24-19-17(14)10-6-11-18(19)20(22)21-12-7-13-23-16-8-4-3-5-9-16/h6,10-11,14-16H,3-5,7-9,12-13H2,1-2H3,(H,21,22)/t14-,15+/m0/s1. The summed E-state index contributed by atoms with van der Waals surface area (Å²) in [5.74, 6) is 1.04. The molecular formula is C20H29NO3. The van der Waals surface area contributed by atoms with Crippen LogP contribution < -0.4 is 10.1 Å². The maximum Gasteiger partial charge on any atom is 0.255 e. The summed E-state index contributed by atoms with van der Waals surface area (Å²) < 4.78 is 11.8. The van der Waals surface area contributed by atoms with Crippen molar-refractivity contribution >= 4 is 5.91 Å². The maximum atomic E-state index is 12.5. The van der Waals surface area contributed by atoms with Crippen molar-refractivity contribution in [2.75, 3.05) is 13.2 Å². The summed E-state index contributed by atoms with van der Waals surface area (Å²) in [7, 11) is 0. The average molecular weight is 331 g/mol. The van der Waals surface area contributed by atoms with E-state index in [1.165, 1.54) is 32.1 Å². The highest BCUT2D eigenvalue weighted by Gasteiger charge is 2.30. The first kappa shape index (κ1) is 17.3. The van der Waals surface area contributed by atoms with Gasteiger partial charge in [-0.3, -0.25) is 4.79 Å². The van der Waals surface area contributed by atoms with Crippen LogP contribution >= 0.6 is 0 Å². The molecule has 1 aromatic carbocycles. The van der Waals surface area contributed by atoms with Crippen LogP contribution in [0.25, 0.3) is 0 Å². The Labute approximate surface area is 144 Å². The molecule has 0 radical (unpaired) electrons. The Hall–Kier alpha value is -1.55. The lowest BCUT2D eigenvalue weighted by atomic mass is 9.97. The molecule has 0 unspecified atom stereocenters. The van der Waals surface area contributed by atoms with Gasteiger partial charge in [0, 0.05) is 24.6 Å². The van der Waals surface area contributed by atoms with Gasteiger partial charge in [0.1, 0.15) is 11.9 Å². The third kappa shape index (κ3) is 3.92. The number of benzene rings is 1. The number of amides is 1. The summed E-state index contributed by atoms with van der Waals surface area (Å²) in [4.78, 5) is 12.5. The molecule has 1 N–H and O–H groups in total. The van der Waals surface area contributed by atoms with Crippen molar-refractivity contribution in [2.24, 2.45) is 0 Å². The van der Waals surface area contributed by atoms with Crippen LogP contribution in [0.1, 0.15) is 74.2 Å². The van der Waals surface area contributed by atoms with Crippen molar-refractivity contribution in [3.05, 3.63) is 29.3 Å². The molecule has 4 nitrogen and oxygen atoms in total. The largest absolute Gasteiger partial charge is 0.489 e. The van der Waals surface area contributed by atoms with Gasteiger partial charge < -0.3 is 14.8 Å². The minimum absolute atomic E-state index is 0.0502. The van der Waals surface area contributed by atoms with Crippen LogP contribution in [0.4, 0.5) is 0 Å². The van der Waals surface area contributed by atoms with Crippen LogP contribution in [-0.4, -0.2) is 31.3 Å². The molecule has 0 saturated heterocycles. The number of para-hydroxylation sites is 1. The fraction of sp³-hybridized carbons (Fsp3) is 0.650. The van der Waals surface area contributed by atoms with Gasteiger partial charge >= 0.3 is 0 Å². The minimum atomic E-state index is -0.0502. The summed E-state index contributed by atoms with van der Waals surface area (Å²) in [5.41, 5.74) is 1.78. The lowest BCUT2D eigenvalue weighted by Crippen LogP contribution is -2.26. The van der Waals surface area contributed by atoms with Crippen LogP contribution in [0.15, 0.2) is 18.2 Å². The predicted molar refractivity (Wildman–Crippen MR) is 94.7 cm³/mol. The zero-order valence-corrected chi connectivity index (χ0v) is 14.8. The van der Waals surface area contributed by atoms with E-state index >= 15 is 0 Å². The average Bonchev–Trinajstić information content (AvgIpc) is 2.90. The number of carbonyl (C=O) groups excluding carboxylic acids is 1. The molecule has 0 aromatic heterocycles. The lowest BCUT2D eigenvalue weighted by Gasteiger charge is -2.21. The van der Waals surface area contributed by atoms with Crippen molar-refractivity contribution in [3.63, 3.8) is 0 Å². The first-order valence-electron chi connectivity index (χ1n) is 9.36. The first-order chi connectivity index (χ1) is 11.7. The fourth-order valence-corrected chi connectivity index (χ4v) is 3.62. The predicted octanol–water partition coefficient (Wildman–Crippen LogP) is 4.04. The van der Waals surface area contributed by atoms with Crippen molar-refractivity contribution in [1.29, 1.82) is 0 Å². The molecule has 1 aliphatic carbocycles. The van der Waals surface area contributed by atoms with Gasteiger partial charge in [0.05, 0.1) is 11.7 Å². The first-order valence-corrected chi connectivity index (χ1v) is 9.36. The maximum absolute atomic E-state index is 12.5. The number of ether oxygens (including phenoxy) is 2. The van der Waals surface area contributed by atoms with Crippen LogP contribution in [0, 0.1) is 0 Å². The molecule has 1 aliphatic heterocycles. The van der Waals surface area contributed by atoms with Crippen LogP contribution in [0.3, 0.4) is 0 Å². The number of hydrogen-bond donors (Lipinski definition) is 1. The lowest BCUT2D eigenvalue weighted by molar-refractivity contribution is 0.0273. The van der Waals surface area contributed by atoms with E-state index < -0.39 is 0 Å². The Bertz CT molecular complexity index is 566. The smallest absolute Gasteiger partial charge is 0.255 e. The highest BCUT2D eigenvalue weighted by molar-refractivity contribution is 5.97. The number of rotatable bonds is 6. The molecule has 1 heterocycles. The van der Waals surface area contributed by atoms with E-state index in [9.17, 15) is 4.79 Å². The molecule has 132 valence electrons. The van der Waals surface area contributed by atoms with Crippen molar-refractivity contribution in [1.82, 2.24) is 5.32 Å². The minimum Gasteiger partial charge on any atom is -0.489 e. The molecule has 1 saturated carbocycles. The SMILES string of the molecule is C[C@@H]1c2cccc(C(=O)NCCCOC3CCCCC3)c2O[C@@H]1C. The van der Waals surface area contributed by atoms with Crippen molar-refractivity contribution in [3.8, 4) is 5.75 Å². The zero-order chi connectivity index (χ0) is 16.9. The Balaban J connectivity index is 1.44. The highest BCUT2D eigenvalue weighted by Crippen LogP contribution is 2.40. The summed E-state index contributed by atoms with van der Waals surface area (Å²) in [6.45, 7) is 5.55. The van der Waals surface area contributed by atoms with E-state index in [1.54, 1.807) is 0 Å². The molecule has 1 fully saturated rings. The van der Waals surface area contributed by atoms with E-state index in [4.69, 9.17) is 9.47 Å². The Kier molecular flexibility index (Phi) is 5.77. The Morgan fingerprint density at radius 2 is 2.04 bits per heavy atom. The quantitative estimate of drug-likeness (QED) is 0.800. The normalized spacial score (nSPS) is 23.6. The third-order valence-electron chi connectivity index (χ3n) is 5.30. The molecule has 2 aliphatic rings. The van der Waals surface area contributed by atoms with E-state index in [-0.39, 0.29) is 12.0 Å². The summed E-state index contributed by atoms with van der Waals surface area (Å²) in [6.07, 6.45) is 7.71. The number of nitrogens with one attached hydrogen (secondary N) is 1. The van der Waals surface area contributed by atoms with Crippen molar-refractivity contribution in [2.45, 2.75) is 70.5 Å². The van der Waals surface area contributed by atoms with Crippen LogP contribution in [0.2, 0.25) is 0 Å². The zero-order valence-electron chi connectivity index (χ0n) is 14.8. The van der Waals surface area contributed by atoms with E-state index in [2.05, 4.69) is 25.2 Å². The Morgan fingerprint density at radius 3 is 2.83 bits per heavy atom. The van der Waals surface area contributed by atoms with Gasteiger partial charge in [-0.15, -0.1) is 0 Å². The van der Waals surface area contributed by atoms with Crippen LogP contribution in [0.5, 0.6) is 5.75 Å². The number of carbonyl (C=O) groups is 1. The molecule has 0 spiro atoms. The molecule has 0 bridgehead atoms. The monoisotopic (exact) mass is 331 g/mol. The van der Waals surface area contributed by atoms with E-state index in [0.717, 1.165) is 24.3 Å². The molecule has 4 heteroatoms. The van der Waals surface area contributed by atoms with Gasteiger partial charge in [0.2, 0.25) is 0 Å². The highest BCUT2D eigenvalue weighted by atomic mass is 16.5. The number of hydrogen-bond acceptors (Lipinski definition) is 3. The second kappa shape index (κ2) is 8.02. The van der Waals surface area contributed by atoms with E-state index in [1.807, 2.05) is 12.1 Å². The van der Waals surface area contributed by atoms with Gasteiger partial charge in [-0.25, -0.2) is 0 Å². The second-order valence-corrected chi connectivity index (χ2v) is 7.08. The fourth-order valence-electron chi connectivity index (χ4n) is 3.62. The van der Waals surface area contributed by atoms with Gasteiger partial charge in [-0.05, 0) is 32.3 Å². The van der Waals surface area contributed by atoms with Crippen molar-refractivity contribution < 1.29 is 14.3 Å². The third-order valence-corrected chi connectivity index (χ3v) is 5.30. The van der Waals surface area contributed by atoms with Gasteiger partial charge in [0.25, 0.3) is 5.91 Å². The molecule has 24 heavy (non-hydrogen) atoms. The molecule has 1 amide bonds. The molecule has 2 atom stereocenters. The molecule has 3 rings (SSSR count). The van der Waals surface area contributed by atoms with Gasteiger partial charge in [-0.2, -0.15) is 0 Å². The topological polar surface area (TPSA) is 47.6 Å². The summed E-state index contributed by atoms with van der Waals surface area (Å²) >= 11 is 0. The van der Waals surface area contributed by atoms with Gasteiger partial charge in [0.15, 0.2) is 0 Å². The molecule has 1 aromatic rings. The second-order valence-electron chi connectivity index (χ2n) is 7.08. The van der Waals surface area contributed by atoms with Gasteiger partial charge in [-0.1, -0.05) is 38.3 Å². The molecular weight excluding hydrogens is 302 g/mol. The summed E-state index contributed by atoms with van der Waals surface area (Å²) in [5, 5.41) is 3.00. The van der Waals surface area contributed by atoms with E-state index in [0.29, 0.717) is 24.1 Å². The Morgan fingerprint density at radius 1 is 1.25 bits per heavy atom. The number of fused-ring (bicyclic) bond motifs is 1. The summed E-state index contributed by atoms with van der Waals surface area (Å²) in [6, 6.07) is 5.84. The van der Waals surface area contributed by atoms with Crippen LogP contribution in [-0.2, 0) is 4.74 Å².